The van der Waals surface area contributed by atoms with Crippen LogP contribution in [0.25, 0.3) is 11.3 Å². The van der Waals surface area contributed by atoms with Crippen molar-refractivity contribution in [2.75, 3.05) is 4.90 Å². The summed E-state index contributed by atoms with van der Waals surface area (Å²) in [5.41, 5.74) is 2.72. The van der Waals surface area contributed by atoms with E-state index in [9.17, 15) is 9.18 Å². The minimum atomic E-state index is -0.322. The Morgan fingerprint density at radius 3 is 2.75 bits per heavy atom. The molecule has 0 saturated heterocycles. The molecule has 4 nitrogen and oxygen atoms in total. The van der Waals surface area contributed by atoms with Crippen molar-refractivity contribution >= 4 is 11.6 Å². The van der Waals surface area contributed by atoms with Gasteiger partial charge in [0.1, 0.15) is 5.82 Å². The van der Waals surface area contributed by atoms with Gasteiger partial charge in [-0.1, -0.05) is 18.2 Å². The quantitative estimate of drug-likeness (QED) is 0.714. The van der Waals surface area contributed by atoms with E-state index in [1.165, 1.54) is 18.3 Å². The van der Waals surface area contributed by atoms with Crippen LogP contribution in [0.5, 0.6) is 0 Å². The van der Waals surface area contributed by atoms with Gasteiger partial charge < -0.3 is 9.32 Å². The molecule has 0 unspecified atom stereocenters. The van der Waals surface area contributed by atoms with Crippen LogP contribution in [0.3, 0.4) is 0 Å². The highest BCUT2D eigenvalue weighted by molar-refractivity contribution is 6.05. The molecular weight excluding hydrogens is 307 g/mol. The number of benzene rings is 2. The first-order chi connectivity index (χ1) is 11.6. The van der Waals surface area contributed by atoms with E-state index < -0.39 is 0 Å². The predicted molar refractivity (Wildman–Crippen MR) is 88.3 cm³/mol. The van der Waals surface area contributed by atoms with Crippen LogP contribution in [-0.4, -0.2) is 16.9 Å². The van der Waals surface area contributed by atoms with Crippen molar-refractivity contribution in [3.05, 3.63) is 72.0 Å². The number of fused-ring (bicyclic) bond motifs is 1. The van der Waals surface area contributed by atoms with E-state index in [-0.39, 0.29) is 23.7 Å². The number of rotatable bonds is 2. The number of amides is 1. The Hall–Kier alpha value is -2.95. The van der Waals surface area contributed by atoms with Gasteiger partial charge in [0.25, 0.3) is 5.89 Å². The third-order valence-electron chi connectivity index (χ3n) is 4.24. The molecule has 120 valence electrons. The molecule has 24 heavy (non-hydrogen) atoms. The molecule has 1 aromatic heterocycles. The Labute approximate surface area is 138 Å². The summed E-state index contributed by atoms with van der Waals surface area (Å²) in [4.78, 5) is 18.7. The summed E-state index contributed by atoms with van der Waals surface area (Å²) in [7, 11) is 0. The van der Waals surface area contributed by atoms with Gasteiger partial charge in [-0.15, -0.1) is 0 Å². The van der Waals surface area contributed by atoms with Crippen molar-refractivity contribution in [2.24, 2.45) is 0 Å². The number of halogens is 1. The molecule has 0 radical (unpaired) electrons. The topological polar surface area (TPSA) is 46.3 Å². The number of aromatic nitrogens is 1. The minimum absolute atomic E-state index is 0.0397. The van der Waals surface area contributed by atoms with Crippen molar-refractivity contribution in [2.45, 2.75) is 19.4 Å². The number of carbonyl (C=O) groups excluding carboxylic acids is 1. The zero-order valence-corrected chi connectivity index (χ0v) is 13.1. The largest absolute Gasteiger partial charge is 0.432 e. The summed E-state index contributed by atoms with van der Waals surface area (Å²) in [6.07, 6.45) is 2.31. The summed E-state index contributed by atoms with van der Waals surface area (Å²) in [5, 5.41) is 0. The number of oxazole rings is 1. The molecule has 0 spiro atoms. The van der Waals surface area contributed by atoms with Crippen molar-refractivity contribution < 1.29 is 13.6 Å². The zero-order valence-electron chi connectivity index (χ0n) is 13.1. The fourth-order valence-electron chi connectivity index (χ4n) is 3.10. The maximum Gasteiger partial charge on any atom is 0.314 e. The van der Waals surface area contributed by atoms with E-state index in [1.807, 2.05) is 31.2 Å². The van der Waals surface area contributed by atoms with Gasteiger partial charge in [0, 0.05) is 17.3 Å². The van der Waals surface area contributed by atoms with E-state index in [4.69, 9.17) is 4.42 Å². The van der Waals surface area contributed by atoms with Crippen LogP contribution in [-0.2, 0) is 6.42 Å². The minimum Gasteiger partial charge on any atom is -0.432 e. The fourth-order valence-corrected chi connectivity index (χ4v) is 3.10. The molecule has 3 aromatic rings. The highest BCUT2D eigenvalue weighted by Gasteiger charge is 2.33. The van der Waals surface area contributed by atoms with E-state index in [1.54, 1.807) is 17.0 Å². The van der Waals surface area contributed by atoms with Crippen LogP contribution in [0, 0.1) is 5.82 Å². The average molecular weight is 322 g/mol. The lowest BCUT2D eigenvalue weighted by Gasteiger charge is -2.20. The lowest BCUT2D eigenvalue weighted by atomic mass is 10.1. The first-order valence-corrected chi connectivity index (χ1v) is 7.77. The third kappa shape index (κ3) is 2.38. The van der Waals surface area contributed by atoms with Gasteiger partial charge in [0.15, 0.2) is 5.76 Å². The summed E-state index contributed by atoms with van der Waals surface area (Å²) in [6, 6.07) is 13.8. The average Bonchev–Trinajstić information content (AvgIpc) is 3.19. The van der Waals surface area contributed by atoms with Crippen LogP contribution in [0.4, 0.5) is 10.1 Å². The fraction of sp³-hybridized carbons (Fsp3) is 0.158. The summed E-state index contributed by atoms with van der Waals surface area (Å²) in [6.45, 7) is 2.00. The van der Waals surface area contributed by atoms with Gasteiger partial charge in [-0.05, 0) is 49.2 Å². The molecule has 0 fully saturated rings. The smallest absolute Gasteiger partial charge is 0.314 e. The van der Waals surface area contributed by atoms with Gasteiger partial charge >= 0.3 is 5.91 Å². The number of carbonyl (C=O) groups is 1. The van der Waals surface area contributed by atoms with Gasteiger partial charge in [-0.2, -0.15) is 0 Å². The third-order valence-corrected chi connectivity index (χ3v) is 4.24. The molecule has 1 atom stereocenters. The van der Waals surface area contributed by atoms with Gasteiger partial charge in [-0.25, -0.2) is 9.37 Å². The van der Waals surface area contributed by atoms with Crippen molar-refractivity contribution in [3.8, 4) is 11.3 Å². The lowest BCUT2D eigenvalue weighted by molar-refractivity contribution is 0.0948. The Morgan fingerprint density at radius 1 is 1.21 bits per heavy atom. The number of nitrogens with zero attached hydrogens (tertiary/aromatic N) is 2. The van der Waals surface area contributed by atoms with Crippen LogP contribution in [0.2, 0.25) is 0 Å². The van der Waals surface area contributed by atoms with Crippen molar-refractivity contribution in [1.29, 1.82) is 0 Å². The van der Waals surface area contributed by atoms with Gasteiger partial charge in [0.2, 0.25) is 0 Å². The summed E-state index contributed by atoms with van der Waals surface area (Å²) in [5.74, 6) is -0.103. The standard InChI is InChI=1S/C19H15FN2O2/c1-12-10-14-4-2-3-5-16(14)22(12)19(23)18-21-11-17(24-18)13-6-8-15(20)9-7-13/h2-9,11-12H,10H2,1H3/t12-/m1/s1. The number of hydrogen-bond donors (Lipinski definition) is 0. The molecule has 1 aliphatic heterocycles. The van der Waals surface area contributed by atoms with E-state index in [2.05, 4.69) is 4.98 Å². The van der Waals surface area contributed by atoms with Crippen LogP contribution in [0.1, 0.15) is 23.2 Å². The molecule has 5 heteroatoms. The SMILES string of the molecule is C[C@@H]1Cc2ccccc2N1C(=O)c1ncc(-c2ccc(F)cc2)o1. The molecular formula is C19H15FN2O2. The zero-order chi connectivity index (χ0) is 16.7. The maximum absolute atomic E-state index is 13.0. The van der Waals surface area contributed by atoms with E-state index in [0.29, 0.717) is 11.3 Å². The second-order valence-corrected chi connectivity index (χ2v) is 5.89. The van der Waals surface area contributed by atoms with E-state index in [0.717, 1.165) is 17.7 Å². The van der Waals surface area contributed by atoms with Crippen LogP contribution >= 0.6 is 0 Å². The molecule has 0 aliphatic carbocycles. The first-order valence-electron chi connectivity index (χ1n) is 7.77. The van der Waals surface area contributed by atoms with Gasteiger partial charge in [-0.3, -0.25) is 4.79 Å². The van der Waals surface area contributed by atoms with Crippen molar-refractivity contribution in [1.82, 2.24) is 4.98 Å². The summed E-state index contributed by atoms with van der Waals surface area (Å²) < 4.78 is 18.6. The number of para-hydroxylation sites is 1. The Kier molecular flexibility index (Phi) is 3.41. The molecule has 1 amide bonds. The molecule has 0 bridgehead atoms. The first kappa shape index (κ1) is 14.6. The van der Waals surface area contributed by atoms with Crippen LogP contribution in [0.15, 0.2) is 59.1 Å². The highest BCUT2D eigenvalue weighted by Crippen LogP contribution is 2.33. The number of anilines is 1. The normalized spacial score (nSPS) is 16.2. The molecule has 2 aromatic carbocycles. The van der Waals surface area contributed by atoms with Crippen LogP contribution < -0.4 is 4.90 Å². The molecule has 2 heterocycles. The Morgan fingerprint density at radius 2 is 1.96 bits per heavy atom. The molecule has 0 N–H and O–H groups in total. The van der Waals surface area contributed by atoms with Crippen molar-refractivity contribution in [3.63, 3.8) is 0 Å². The van der Waals surface area contributed by atoms with Gasteiger partial charge in [0.05, 0.1) is 6.20 Å². The second-order valence-electron chi connectivity index (χ2n) is 5.89. The Balaban J connectivity index is 1.65. The summed E-state index contributed by atoms with van der Waals surface area (Å²) >= 11 is 0. The molecule has 1 aliphatic rings. The van der Waals surface area contributed by atoms with E-state index >= 15 is 0 Å². The molecule has 4 rings (SSSR count). The lowest BCUT2D eigenvalue weighted by Crippen LogP contribution is -2.35. The molecule has 0 saturated carbocycles. The predicted octanol–water partition coefficient (Wildman–Crippen LogP) is 4.07. The number of hydrogen-bond acceptors (Lipinski definition) is 3. The Bertz CT molecular complexity index is 902. The highest BCUT2D eigenvalue weighted by atomic mass is 19.1. The monoisotopic (exact) mass is 322 g/mol. The maximum atomic E-state index is 13.0. The second kappa shape index (κ2) is 5.60.